The summed E-state index contributed by atoms with van der Waals surface area (Å²) in [5.74, 6) is -0.259. The lowest BCUT2D eigenvalue weighted by atomic mass is 10.1. The van der Waals surface area contributed by atoms with E-state index in [0.717, 1.165) is 38.4 Å². The van der Waals surface area contributed by atoms with Crippen LogP contribution in [-0.4, -0.2) is 62.5 Å². The van der Waals surface area contributed by atoms with Gasteiger partial charge in [0.15, 0.2) is 0 Å². The number of nitrogens with one attached hydrogen (secondary N) is 1. The first kappa shape index (κ1) is 19.5. The van der Waals surface area contributed by atoms with Crippen molar-refractivity contribution in [1.29, 1.82) is 0 Å². The summed E-state index contributed by atoms with van der Waals surface area (Å²) < 4.78 is 0. The second kappa shape index (κ2) is 9.09. The van der Waals surface area contributed by atoms with E-state index in [9.17, 15) is 9.59 Å². The minimum absolute atomic E-state index is 0.0142. The predicted octanol–water partition coefficient (Wildman–Crippen LogP) is 1.98. The summed E-state index contributed by atoms with van der Waals surface area (Å²) in [4.78, 5) is 31.3. The van der Waals surface area contributed by atoms with Crippen molar-refractivity contribution in [2.45, 2.75) is 6.42 Å². The van der Waals surface area contributed by atoms with Crippen LogP contribution in [0.4, 0.5) is 11.4 Å². The van der Waals surface area contributed by atoms with E-state index in [4.69, 9.17) is 0 Å². The third kappa shape index (κ3) is 4.77. The lowest BCUT2D eigenvalue weighted by molar-refractivity contribution is -0.126. The van der Waals surface area contributed by atoms with Crippen molar-refractivity contribution in [2.24, 2.45) is 5.92 Å². The van der Waals surface area contributed by atoms with Gasteiger partial charge in [-0.25, -0.2) is 0 Å². The molecule has 2 aliphatic heterocycles. The number of hydrogen-bond donors (Lipinski definition) is 1. The molecule has 1 atom stereocenters. The van der Waals surface area contributed by atoms with Crippen molar-refractivity contribution in [3.63, 3.8) is 0 Å². The first-order chi connectivity index (χ1) is 14.2. The molecule has 1 unspecified atom stereocenters. The van der Waals surface area contributed by atoms with E-state index < -0.39 is 0 Å². The average Bonchev–Trinajstić information content (AvgIpc) is 3.17. The maximum Gasteiger partial charge on any atom is 0.227 e. The average molecular weight is 393 g/mol. The number of carbonyl (C=O) groups excluding carboxylic acids is 2. The SMILES string of the molecule is O=C(NCCN1CCN(c2ccccc2)CC1)C1CC(=O)N(c2ccccc2)C1. The molecule has 2 amide bonds. The van der Waals surface area contributed by atoms with E-state index in [-0.39, 0.29) is 24.2 Å². The minimum Gasteiger partial charge on any atom is -0.369 e. The van der Waals surface area contributed by atoms with Crippen LogP contribution in [0.2, 0.25) is 0 Å². The summed E-state index contributed by atoms with van der Waals surface area (Å²) in [6.45, 7) is 5.92. The van der Waals surface area contributed by atoms with Crippen LogP contribution < -0.4 is 15.1 Å². The van der Waals surface area contributed by atoms with Crippen LogP contribution >= 0.6 is 0 Å². The zero-order valence-electron chi connectivity index (χ0n) is 16.7. The van der Waals surface area contributed by atoms with Crippen molar-refractivity contribution < 1.29 is 9.59 Å². The second-order valence-corrected chi connectivity index (χ2v) is 7.70. The summed E-state index contributed by atoms with van der Waals surface area (Å²) in [6, 6.07) is 20.1. The van der Waals surface area contributed by atoms with Crippen LogP contribution in [0.25, 0.3) is 0 Å². The van der Waals surface area contributed by atoms with E-state index in [1.165, 1.54) is 5.69 Å². The van der Waals surface area contributed by atoms with Gasteiger partial charge >= 0.3 is 0 Å². The van der Waals surface area contributed by atoms with E-state index in [1.54, 1.807) is 4.90 Å². The molecule has 2 heterocycles. The standard InChI is InChI=1S/C23H28N4O2/c28-22-17-19(18-27(22)21-9-5-2-6-10-21)23(29)24-11-12-25-13-15-26(16-14-25)20-7-3-1-4-8-20/h1-10,19H,11-18H2,(H,24,29). The molecule has 0 radical (unpaired) electrons. The van der Waals surface area contributed by atoms with Gasteiger partial charge < -0.3 is 15.1 Å². The van der Waals surface area contributed by atoms with E-state index >= 15 is 0 Å². The molecule has 2 aliphatic rings. The zero-order chi connectivity index (χ0) is 20.1. The molecular formula is C23H28N4O2. The van der Waals surface area contributed by atoms with Crippen LogP contribution in [-0.2, 0) is 9.59 Å². The first-order valence-electron chi connectivity index (χ1n) is 10.4. The number of carbonyl (C=O) groups is 2. The molecule has 0 aliphatic carbocycles. The van der Waals surface area contributed by atoms with Gasteiger partial charge in [0.25, 0.3) is 0 Å². The van der Waals surface area contributed by atoms with Crippen molar-refractivity contribution in [3.05, 3.63) is 60.7 Å². The van der Waals surface area contributed by atoms with Gasteiger partial charge in [-0.2, -0.15) is 0 Å². The quantitative estimate of drug-likeness (QED) is 0.817. The topological polar surface area (TPSA) is 55.9 Å². The molecule has 6 nitrogen and oxygen atoms in total. The molecule has 4 rings (SSSR count). The number of para-hydroxylation sites is 2. The zero-order valence-corrected chi connectivity index (χ0v) is 16.7. The van der Waals surface area contributed by atoms with Crippen molar-refractivity contribution >= 4 is 23.2 Å². The van der Waals surface area contributed by atoms with Crippen LogP contribution in [0.1, 0.15) is 6.42 Å². The Morgan fingerprint density at radius 3 is 2.17 bits per heavy atom. The molecule has 1 N–H and O–H groups in total. The fraction of sp³-hybridized carbons (Fsp3) is 0.391. The van der Waals surface area contributed by atoms with Gasteiger partial charge in [-0.05, 0) is 24.3 Å². The van der Waals surface area contributed by atoms with Gasteiger partial charge in [0.05, 0.1) is 5.92 Å². The fourth-order valence-electron chi connectivity index (χ4n) is 4.09. The number of hydrogen-bond acceptors (Lipinski definition) is 4. The lowest BCUT2D eigenvalue weighted by Gasteiger charge is -2.36. The minimum atomic E-state index is -0.266. The third-order valence-corrected chi connectivity index (χ3v) is 5.78. The van der Waals surface area contributed by atoms with Crippen LogP contribution in [0.5, 0.6) is 0 Å². The fourth-order valence-corrected chi connectivity index (χ4v) is 4.09. The Kier molecular flexibility index (Phi) is 6.10. The van der Waals surface area contributed by atoms with Gasteiger partial charge in [-0.3, -0.25) is 14.5 Å². The summed E-state index contributed by atoms with van der Waals surface area (Å²) >= 11 is 0. The molecule has 2 aromatic rings. The third-order valence-electron chi connectivity index (χ3n) is 5.78. The molecular weight excluding hydrogens is 364 g/mol. The Balaban J connectivity index is 1.19. The van der Waals surface area contributed by atoms with Crippen molar-refractivity contribution in [3.8, 4) is 0 Å². The molecule has 2 aromatic carbocycles. The summed E-state index contributed by atoms with van der Waals surface area (Å²) in [7, 11) is 0. The number of amides is 2. The van der Waals surface area contributed by atoms with Crippen LogP contribution in [0, 0.1) is 5.92 Å². The second-order valence-electron chi connectivity index (χ2n) is 7.70. The first-order valence-corrected chi connectivity index (χ1v) is 10.4. The Morgan fingerprint density at radius 2 is 1.52 bits per heavy atom. The van der Waals surface area contributed by atoms with Gasteiger partial charge in [0, 0.05) is 63.6 Å². The Labute approximate surface area is 172 Å². The highest BCUT2D eigenvalue weighted by atomic mass is 16.2. The van der Waals surface area contributed by atoms with Gasteiger partial charge in [-0.15, -0.1) is 0 Å². The van der Waals surface area contributed by atoms with Gasteiger partial charge in [-0.1, -0.05) is 36.4 Å². The largest absolute Gasteiger partial charge is 0.369 e. The molecule has 6 heteroatoms. The van der Waals surface area contributed by atoms with Gasteiger partial charge in [0.2, 0.25) is 11.8 Å². The molecule has 152 valence electrons. The maximum atomic E-state index is 12.5. The molecule has 29 heavy (non-hydrogen) atoms. The highest BCUT2D eigenvalue weighted by Gasteiger charge is 2.34. The number of benzene rings is 2. The van der Waals surface area contributed by atoms with Crippen molar-refractivity contribution in [1.82, 2.24) is 10.2 Å². The molecule has 0 saturated carbocycles. The van der Waals surface area contributed by atoms with Crippen molar-refractivity contribution in [2.75, 3.05) is 55.6 Å². The Bertz CT molecular complexity index is 819. The number of nitrogens with zero attached hydrogens (tertiary/aromatic N) is 3. The van der Waals surface area contributed by atoms with E-state index in [0.29, 0.717) is 13.1 Å². The number of anilines is 2. The molecule has 0 bridgehead atoms. The lowest BCUT2D eigenvalue weighted by Crippen LogP contribution is -2.48. The molecule has 2 saturated heterocycles. The molecule has 2 fully saturated rings. The van der Waals surface area contributed by atoms with Crippen LogP contribution in [0.15, 0.2) is 60.7 Å². The molecule has 0 spiro atoms. The predicted molar refractivity (Wildman–Crippen MR) is 115 cm³/mol. The number of rotatable bonds is 6. The smallest absolute Gasteiger partial charge is 0.227 e. The Morgan fingerprint density at radius 1 is 0.897 bits per heavy atom. The monoisotopic (exact) mass is 392 g/mol. The Hall–Kier alpha value is -2.86. The van der Waals surface area contributed by atoms with E-state index in [1.807, 2.05) is 36.4 Å². The van der Waals surface area contributed by atoms with E-state index in [2.05, 4.69) is 39.4 Å². The van der Waals surface area contributed by atoms with Crippen LogP contribution in [0.3, 0.4) is 0 Å². The summed E-state index contributed by atoms with van der Waals surface area (Å²) in [5, 5.41) is 3.03. The normalized spacial score (nSPS) is 20.1. The number of piperazine rings is 1. The highest BCUT2D eigenvalue weighted by molar-refractivity contribution is 6.00. The molecule has 0 aromatic heterocycles. The van der Waals surface area contributed by atoms with Gasteiger partial charge in [0.1, 0.15) is 0 Å². The maximum absolute atomic E-state index is 12.5. The summed E-state index contributed by atoms with van der Waals surface area (Å²) in [6.07, 6.45) is 0.288. The highest BCUT2D eigenvalue weighted by Crippen LogP contribution is 2.24. The summed E-state index contributed by atoms with van der Waals surface area (Å²) in [5.41, 5.74) is 2.14.